The summed E-state index contributed by atoms with van der Waals surface area (Å²) < 4.78 is 0.936. The van der Waals surface area contributed by atoms with Gasteiger partial charge in [-0.15, -0.1) is 0 Å². The van der Waals surface area contributed by atoms with Gasteiger partial charge in [-0.05, 0) is 87.2 Å². The highest BCUT2D eigenvalue weighted by atomic mass is 79.9. The lowest BCUT2D eigenvalue weighted by Crippen LogP contribution is -2.62. The topological polar surface area (TPSA) is 89.4 Å². The fraction of sp³-hybridized carbons (Fsp3) is 0.600. The van der Waals surface area contributed by atoms with Crippen LogP contribution in [-0.4, -0.2) is 36.3 Å². The number of hydrogen-bond donors (Lipinski definition) is 2. The first-order valence-corrected chi connectivity index (χ1v) is 12.5. The van der Waals surface area contributed by atoms with E-state index >= 15 is 0 Å². The Hall–Kier alpha value is -1.66. The van der Waals surface area contributed by atoms with Crippen molar-refractivity contribution in [2.24, 2.45) is 34.1 Å². The Kier molecular flexibility index (Phi) is 5.09. The number of nitrogens with two attached hydrogens (primary N) is 2. The molecule has 1 aromatic carbocycles. The molecule has 2 amide bonds. The first kappa shape index (κ1) is 21.2. The van der Waals surface area contributed by atoms with Gasteiger partial charge in [-0.2, -0.15) is 0 Å². The fourth-order valence-corrected chi connectivity index (χ4v) is 7.82. The van der Waals surface area contributed by atoms with E-state index < -0.39 is 16.7 Å². The normalized spacial score (nSPS) is 35.1. The van der Waals surface area contributed by atoms with Crippen LogP contribution in [-0.2, 0) is 15.0 Å². The highest BCUT2D eigenvalue weighted by Gasteiger charge is 2.82. The summed E-state index contributed by atoms with van der Waals surface area (Å²) in [7, 11) is 0. The van der Waals surface area contributed by atoms with Crippen LogP contribution in [0.3, 0.4) is 0 Å². The molecule has 2 saturated carbocycles. The van der Waals surface area contributed by atoms with Crippen molar-refractivity contribution in [3.63, 3.8) is 0 Å². The van der Waals surface area contributed by atoms with Crippen LogP contribution in [0, 0.1) is 22.7 Å². The number of halogens is 1. The van der Waals surface area contributed by atoms with Crippen LogP contribution >= 0.6 is 15.9 Å². The van der Waals surface area contributed by atoms with Crippen molar-refractivity contribution in [2.45, 2.75) is 50.4 Å². The number of carbonyl (C=O) groups excluding carboxylic acids is 2. The summed E-state index contributed by atoms with van der Waals surface area (Å²) in [6, 6.07) is 7.80. The van der Waals surface area contributed by atoms with Crippen molar-refractivity contribution in [1.29, 1.82) is 0 Å². The van der Waals surface area contributed by atoms with Gasteiger partial charge in [0.15, 0.2) is 0 Å². The molecule has 2 bridgehead atoms. The summed E-state index contributed by atoms with van der Waals surface area (Å²) in [6.07, 6.45) is 11.5. The quantitative estimate of drug-likeness (QED) is 0.436. The second kappa shape index (κ2) is 7.45. The number of primary amides is 2. The molecule has 6 heteroatoms. The van der Waals surface area contributed by atoms with Gasteiger partial charge in [0.2, 0.25) is 11.8 Å². The third-order valence-electron chi connectivity index (χ3n) is 8.89. The molecule has 31 heavy (non-hydrogen) atoms. The molecule has 4 aliphatic rings. The van der Waals surface area contributed by atoms with Crippen LogP contribution in [0.25, 0.3) is 0 Å². The van der Waals surface area contributed by atoms with Crippen LogP contribution < -0.4 is 11.5 Å². The third kappa shape index (κ3) is 2.76. The summed E-state index contributed by atoms with van der Waals surface area (Å²) in [5, 5.41) is 0. The molecule has 1 spiro atoms. The monoisotopic (exact) mass is 485 g/mol. The molecule has 1 heterocycles. The Morgan fingerprint density at radius 1 is 0.968 bits per heavy atom. The van der Waals surface area contributed by atoms with E-state index in [-0.39, 0.29) is 23.2 Å². The highest BCUT2D eigenvalue weighted by Crippen LogP contribution is 2.80. The average molecular weight is 486 g/mol. The summed E-state index contributed by atoms with van der Waals surface area (Å²) >= 11 is 3.50. The van der Waals surface area contributed by atoms with E-state index in [2.05, 4.69) is 33.0 Å². The molecule has 3 aliphatic carbocycles. The van der Waals surface area contributed by atoms with Gasteiger partial charge in [0, 0.05) is 10.4 Å². The summed E-state index contributed by atoms with van der Waals surface area (Å²) in [6.45, 7) is 3.38. The van der Waals surface area contributed by atoms with E-state index in [0.717, 1.165) is 42.3 Å². The Bertz CT molecular complexity index is 919. The van der Waals surface area contributed by atoms with Gasteiger partial charge in [-0.25, -0.2) is 0 Å². The zero-order valence-electron chi connectivity index (χ0n) is 18.0. The lowest BCUT2D eigenvalue weighted by atomic mass is 9.52. The number of amides is 2. The number of unbranched alkanes of at least 4 members (excludes halogenated alkanes) is 1. The molecule has 0 radical (unpaired) electrons. The summed E-state index contributed by atoms with van der Waals surface area (Å²) in [4.78, 5) is 29.3. The Balaban J connectivity index is 1.56. The molecule has 3 fully saturated rings. The van der Waals surface area contributed by atoms with Gasteiger partial charge in [-0.1, -0.05) is 46.6 Å². The molecular formula is C25H32BrN3O2. The molecule has 1 aliphatic heterocycles. The van der Waals surface area contributed by atoms with Gasteiger partial charge in [0.25, 0.3) is 0 Å². The number of benzene rings is 1. The molecule has 0 unspecified atom stereocenters. The number of hydrogen-bond acceptors (Lipinski definition) is 3. The second-order valence-corrected chi connectivity index (χ2v) is 11.0. The maximum Gasteiger partial charge on any atom is 0.229 e. The summed E-state index contributed by atoms with van der Waals surface area (Å²) in [5.74, 6) is -0.838. The maximum atomic E-state index is 13.4. The number of nitrogens with zero attached hydrogens (tertiary/aromatic N) is 1. The lowest BCUT2D eigenvalue weighted by molar-refractivity contribution is -0.143. The lowest BCUT2D eigenvalue weighted by Gasteiger charge is -2.48. The molecule has 1 aromatic rings. The molecular weight excluding hydrogens is 454 g/mol. The number of likely N-dealkylation sites (tertiary alicyclic amines) is 1. The average Bonchev–Trinajstić information content (AvgIpc) is 3.11. The van der Waals surface area contributed by atoms with Gasteiger partial charge >= 0.3 is 0 Å². The van der Waals surface area contributed by atoms with Crippen molar-refractivity contribution < 1.29 is 9.59 Å². The van der Waals surface area contributed by atoms with Gasteiger partial charge in [0.1, 0.15) is 0 Å². The minimum atomic E-state index is -1.08. The van der Waals surface area contributed by atoms with Gasteiger partial charge in [0.05, 0.1) is 10.8 Å². The van der Waals surface area contributed by atoms with Gasteiger partial charge < -0.3 is 16.4 Å². The second-order valence-electron chi connectivity index (χ2n) is 10.1. The first-order chi connectivity index (χ1) is 14.9. The smallest absolute Gasteiger partial charge is 0.229 e. The van der Waals surface area contributed by atoms with Crippen LogP contribution in [0.15, 0.2) is 40.9 Å². The van der Waals surface area contributed by atoms with Crippen molar-refractivity contribution in [2.75, 3.05) is 19.6 Å². The molecule has 5 rings (SSSR count). The van der Waals surface area contributed by atoms with E-state index in [1.165, 1.54) is 25.9 Å². The minimum Gasteiger partial charge on any atom is -0.369 e. The zero-order chi connectivity index (χ0) is 21.9. The van der Waals surface area contributed by atoms with Crippen LogP contribution in [0.2, 0.25) is 0 Å². The van der Waals surface area contributed by atoms with Crippen LogP contribution in [0.5, 0.6) is 0 Å². The largest absolute Gasteiger partial charge is 0.369 e. The predicted octanol–water partition coefficient (Wildman–Crippen LogP) is 3.51. The first-order valence-electron chi connectivity index (χ1n) is 11.7. The van der Waals surface area contributed by atoms with Crippen molar-refractivity contribution in [3.05, 3.63) is 46.5 Å². The maximum absolute atomic E-state index is 13.4. The molecule has 5 nitrogen and oxygen atoms in total. The number of allylic oxidation sites excluding steroid dienone is 2. The minimum absolute atomic E-state index is 0.00886. The van der Waals surface area contributed by atoms with E-state index in [0.29, 0.717) is 6.42 Å². The van der Waals surface area contributed by atoms with Crippen LogP contribution in [0.4, 0.5) is 0 Å². The van der Waals surface area contributed by atoms with E-state index in [9.17, 15) is 9.59 Å². The summed E-state index contributed by atoms with van der Waals surface area (Å²) in [5.41, 5.74) is 11.3. The molecule has 0 aromatic heterocycles. The number of carbonyl (C=O) groups is 2. The SMILES string of the molecule is NC(=O)[C@]1(CCCCN2CCCC2)[C@@H]2C=C[C@@H](C23CC3)[C@@]1(C(N)=O)c1ccc(Br)cc1. The Labute approximate surface area is 192 Å². The van der Waals surface area contributed by atoms with E-state index in [4.69, 9.17) is 11.5 Å². The van der Waals surface area contributed by atoms with Crippen molar-refractivity contribution in [1.82, 2.24) is 4.90 Å². The fourth-order valence-electron chi connectivity index (χ4n) is 7.55. The standard InChI is InChI=1S/C25H32BrN3O2/c26-18-7-5-17(6-8-18)25(22(28)31)20-10-9-19(23(20)12-13-23)24(25,21(27)30)11-1-2-14-29-15-3-4-16-29/h5-10,19-20H,1-4,11-16H2,(H2,27,30)(H2,28,31)/t19-,20+,24+,25-/m1/s1. The highest BCUT2D eigenvalue weighted by molar-refractivity contribution is 9.10. The van der Waals surface area contributed by atoms with E-state index in [1.54, 1.807) is 0 Å². The number of rotatable bonds is 8. The molecule has 1 saturated heterocycles. The van der Waals surface area contributed by atoms with Crippen molar-refractivity contribution in [3.8, 4) is 0 Å². The zero-order valence-corrected chi connectivity index (χ0v) is 19.6. The van der Waals surface area contributed by atoms with Crippen LogP contribution in [0.1, 0.15) is 50.5 Å². The van der Waals surface area contributed by atoms with Crippen molar-refractivity contribution >= 4 is 27.7 Å². The third-order valence-corrected chi connectivity index (χ3v) is 9.41. The Morgan fingerprint density at radius 3 is 2.19 bits per heavy atom. The molecule has 166 valence electrons. The molecule has 4 atom stereocenters. The Morgan fingerprint density at radius 2 is 1.61 bits per heavy atom. The predicted molar refractivity (Wildman–Crippen MR) is 124 cm³/mol. The molecule has 4 N–H and O–H groups in total. The van der Waals surface area contributed by atoms with Gasteiger partial charge in [-0.3, -0.25) is 9.59 Å². The van der Waals surface area contributed by atoms with E-state index in [1.807, 2.05) is 24.3 Å².